The first-order valence-electron chi connectivity index (χ1n) is 3.18. The molecule has 1 rings (SSSR count). The van der Waals surface area contributed by atoms with Gasteiger partial charge in [0, 0.05) is 12.5 Å². The van der Waals surface area contributed by atoms with Crippen molar-refractivity contribution in [2.24, 2.45) is 17.6 Å². The van der Waals surface area contributed by atoms with E-state index in [1.54, 1.807) is 6.92 Å². The second-order valence-electron chi connectivity index (χ2n) is 2.82. The normalized spacial score (nSPS) is 45.1. The molecule has 1 saturated carbocycles. The minimum absolute atomic E-state index is 0.102. The Morgan fingerprint density at radius 1 is 1.80 bits per heavy atom. The van der Waals surface area contributed by atoms with Crippen LogP contribution >= 0.6 is 0 Å². The largest absolute Gasteiger partial charge is 0.480 e. The van der Waals surface area contributed by atoms with Crippen LogP contribution in [0.15, 0.2) is 0 Å². The van der Waals surface area contributed by atoms with Gasteiger partial charge in [-0.1, -0.05) is 6.92 Å². The Kier molecular flexibility index (Phi) is 1.45. The summed E-state index contributed by atoms with van der Waals surface area (Å²) in [6.45, 7) is 1.60. The maximum atomic E-state index is 10.4. The summed E-state index contributed by atoms with van der Waals surface area (Å²) in [4.78, 5) is 10.4. The lowest BCUT2D eigenvalue weighted by Gasteiger charge is -2.01. The highest BCUT2D eigenvalue weighted by molar-refractivity contribution is 5.83. The summed E-state index contributed by atoms with van der Waals surface area (Å²) in [5.74, 6) is -1.38. The first kappa shape index (κ1) is 7.50. The Morgan fingerprint density at radius 2 is 2.30 bits per heavy atom. The maximum absolute atomic E-state index is 10.4. The average molecular weight is 145 g/mol. The van der Waals surface area contributed by atoms with E-state index in [4.69, 9.17) is 15.9 Å². The van der Waals surface area contributed by atoms with E-state index < -0.39 is 11.5 Å². The van der Waals surface area contributed by atoms with Gasteiger partial charge in [0.1, 0.15) is 5.54 Å². The molecule has 4 nitrogen and oxygen atoms in total. The smallest absolute Gasteiger partial charge is 0.324 e. The molecular formula is C6H11NO3. The van der Waals surface area contributed by atoms with E-state index in [0.29, 0.717) is 0 Å². The lowest BCUT2D eigenvalue weighted by atomic mass is 10.2. The molecule has 0 aliphatic heterocycles. The number of carboxylic acid groups (broad SMARTS) is 1. The SMILES string of the molecule is C[C@H]1[C@H](CO)[C@]1(N)C(=O)O. The molecule has 0 aromatic rings. The highest BCUT2D eigenvalue weighted by Gasteiger charge is 2.64. The van der Waals surface area contributed by atoms with Crippen molar-refractivity contribution in [1.82, 2.24) is 0 Å². The van der Waals surface area contributed by atoms with Crippen LogP contribution in [0.4, 0.5) is 0 Å². The van der Waals surface area contributed by atoms with E-state index in [1.807, 2.05) is 0 Å². The zero-order valence-corrected chi connectivity index (χ0v) is 5.74. The Balaban J connectivity index is 2.67. The fourth-order valence-electron chi connectivity index (χ4n) is 1.34. The molecule has 0 aromatic heterocycles. The minimum atomic E-state index is -1.16. The molecule has 0 unspecified atom stereocenters. The second-order valence-corrected chi connectivity index (χ2v) is 2.82. The molecule has 0 aromatic carbocycles. The predicted octanol–water partition coefficient (Wildman–Crippen LogP) is -0.973. The summed E-state index contributed by atoms with van der Waals surface area (Å²) in [6.07, 6.45) is 0. The van der Waals surface area contributed by atoms with Crippen molar-refractivity contribution in [3.05, 3.63) is 0 Å². The quantitative estimate of drug-likeness (QED) is 0.466. The van der Waals surface area contributed by atoms with Gasteiger partial charge in [-0.2, -0.15) is 0 Å². The number of aliphatic hydroxyl groups excluding tert-OH is 1. The van der Waals surface area contributed by atoms with Gasteiger partial charge in [0.15, 0.2) is 0 Å². The highest BCUT2D eigenvalue weighted by atomic mass is 16.4. The molecule has 58 valence electrons. The monoisotopic (exact) mass is 145 g/mol. The van der Waals surface area contributed by atoms with E-state index in [2.05, 4.69) is 0 Å². The zero-order valence-electron chi connectivity index (χ0n) is 5.74. The van der Waals surface area contributed by atoms with Crippen molar-refractivity contribution in [2.75, 3.05) is 6.61 Å². The van der Waals surface area contributed by atoms with Gasteiger partial charge in [0.25, 0.3) is 0 Å². The van der Waals surface area contributed by atoms with Crippen LogP contribution in [0.25, 0.3) is 0 Å². The predicted molar refractivity (Wildman–Crippen MR) is 34.3 cm³/mol. The van der Waals surface area contributed by atoms with Crippen LogP contribution in [0.2, 0.25) is 0 Å². The molecule has 0 saturated heterocycles. The number of carbonyl (C=O) groups is 1. The second kappa shape index (κ2) is 1.93. The third kappa shape index (κ3) is 0.660. The van der Waals surface area contributed by atoms with Crippen molar-refractivity contribution in [3.8, 4) is 0 Å². The first-order chi connectivity index (χ1) is 4.55. The van der Waals surface area contributed by atoms with Crippen LogP contribution in [0.3, 0.4) is 0 Å². The first-order valence-corrected chi connectivity index (χ1v) is 3.18. The molecule has 1 fully saturated rings. The van der Waals surface area contributed by atoms with E-state index in [1.165, 1.54) is 0 Å². The summed E-state index contributed by atoms with van der Waals surface area (Å²) >= 11 is 0. The van der Waals surface area contributed by atoms with Gasteiger partial charge in [0.05, 0.1) is 0 Å². The standard InChI is InChI=1S/C6H11NO3/c1-3-4(2-8)6(3,7)5(9)10/h3-4,8H,2,7H2,1H3,(H,9,10)/t3-,4-,6-/m0/s1. The Labute approximate surface area is 58.6 Å². The van der Waals surface area contributed by atoms with Gasteiger partial charge >= 0.3 is 5.97 Å². The molecule has 1 aliphatic carbocycles. The number of aliphatic carboxylic acids is 1. The third-order valence-electron chi connectivity index (χ3n) is 2.43. The van der Waals surface area contributed by atoms with Crippen LogP contribution in [-0.2, 0) is 4.79 Å². The van der Waals surface area contributed by atoms with Crippen LogP contribution in [0.5, 0.6) is 0 Å². The van der Waals surface area contributed by atoms with E-state index in [9.17, 15) is 4.79 Å². The van der Waals surface area contributed by atoms with Crippen molar-refractivity contribution in [3.63, 3.8) is 0 Å². The zero-order chi connectivity index (χ0) is 7.94. The maximum Gasteiger partial charge on any atom is 0.324 e. The van der Waals surface area contributed by atoms with Crippen molar-refractivity contribution in [1.29, 1.82) is 0 Å². The molecule has 0 spiro atoms. The van der Waals surface area contributed by atoms with Gasteiger partial charge in [0.2, 0.25) is 0 Å². The molecule has 3 atom stereocenters. The molecule has 0 amide bonds. The molecule has 0 bridgehead atoms. The third-order valence-corrected chi connectivity index (χ3v) is 2.43. The van der Waals surface area contributed by atoms with Gasteiger partial charge < -0.3 is 15.9 Å². The van der Waals surface area contributed by atoms with Crippen LogP contribution in [-0.4, -0.2) is 28.3 Å². The van der Waals surface area contributed by atoms with Gasteiger partial charge in [-0.3, -0.25) is 4.79 Å². The Bertz CT molecular complexity index is 170. The molecular weight excluding hydrogens is 134 g/mol. The number of hydrogen-bond donors (Lipinski definition) is 3. The topological polar surface area (TPSA) is 83.5 Å². The number of carboxylic acids is 1. The number of nitrogens with two attached hydrogens (primary N) is 1. The Hall–Kier alpha value is -0.610. The fourth-order valence-corrected chi connectivity index (χ4v) is 1.34. The summed E-state index contributed by atoms with van der Waals surface area (Å²) in [5, 5.41) is 17.2. The summed E-state index contributed by atoms with van der Waals surface area (Å²) in [6, 6.07) is 0. The molecule has 0 heterocycles. The molecule has 0 radical (unpaired) electrons. The van der Waals surface area contributed by atoms with E-state index >= 15 is 0 Å². The molecule has 10 heavy (non-hydrogen) atoms. The van der Waals surface area contributed by atoms with Crippen LogP contribution < -0.4 is 5.73 Å². The summed E-state index contributed by atoms with van der Waals surface area (Å²) < 4.78 is 0. The van der Waals surface area contributed by atoms with Crippen molar-refractivity contribution in [2.45, 2.75) is 12.5 Å². The molecule has 4 N–H and O–H groups in total. The van der Waals surface area contributed by atoms with Gasteiger partial charge in [-0.15, -0.1) is 0 Å². The van der Waals surface area contributed by atoms with Gasteiger partial charge in [-0.05, 0) is 5.92 Å². The highest BCUT2D eigenvalue weighted by Crippen LogP contribution is 2.47. The lowest BCUT2D eigenvalue weighted by molar-refractivity contribution is -0.140. The molecule has 4 heteroatoms. The minimum Gasteiger partial charge on any atom is -0.480 e. The van der Waals surface area contributed by atoms with Crippen LogP contribution in [0, 0.1) is 11.8 Å². The van der Waals surface area contributed by atoms with Gasteiger partial charge in [-0.25, -0.2) is 0 Å². The lowest BCUT2D eigenvalue weighted by Crippen LogP contribution is -2.37. The van der Waals surface area contributed by atoms with E-state index in [-0.39, 0.29) is 18.4 Å². The van der Waals surface area contributed by atoms with Crippen LogP contribution in [0.1, 0.15) is 6.92 Å². The molecule has 1 aliphatic rings. The summed E-state index contributed by atoms with van der Waals surface area (Å²) in [7, 11) is 0. The number of hydrogen-bond acceptors (Lipinski definition) is 3. The number of aliphatic hydroxyl groups is 1. The Morgan fingerprint density at radius 3 is 2.40 bits per heavy atom. The van der Waals surface area contributed by atoms with Crippen molar-refractivity contribution < 1.29 is 15.0 Å². The fraction of sp³-hybridized carbons (Fsp3) is 0.833. The van der Waals surface area contributed by atoms with E-state index in [0.717, 1.165) is 0 Å². The number of rotatable bonds is 2. The summed E-state index contributed by atoms with van der Waals surface area (Å²) in [5.41, 5.74) is 4.27. The average Bonchev–Trinajstić information content (AvgIpc) is 2.38. The van der Waals surface area contributed by atoms with Crippen molar-refractivity contribution >= 4 is 5.97 Å².